The summed E-state index contributed by atoms with van der Waals surface area (Å²) in [5, 5.41) is 0. The van der Waals surface area contributed by atoms with E-state index < -0.39 is 10.0 Å². The molecule has 9 heteroatoms. The van der Waals surface area contributed by atoms with Crippen molar-refractivity contribution in [3.05, 3.63) is 40.1 Å². The number of ether oxygens (including phenoxy) is 1. The number of amides is 1. The highest BCUT2D eigenvalue weighted by atomic mass is 32.2. The van der Waals surface area contributed by atoms with Gasteiger partial charge in [-0.3, -0.25) is 4.79 Å². The summed E-state index contributed by atoms with van der Waals surface area (Å²) in [6.07, 6.45) is 0.437. The van der Waals surface area contributed by atoms with Crippen molar-refractivity contribution in [2.24, 2.45) is 0 Å². The third kappa shape index (κ3) is 5.33. The molecule has 158 valence electrons. The van der Waals surface area contributed by atoms with Crippen molar-refractivity contribution in [1.29, 1.82) is 0 Å². The van der Waals surface area contributed by atoms with E-state index in [9.17, 15) is 13.2 Å². The van der Waals surface area contributed by atoms with Gasteiger partial charge in [0.05, 0.1) is 12.0 Å². The van der Waals surface area contributed by atoms with Gasteiger partial charge in [-0.1, -0.05) is 0 Å². The van der Waals surface area contributed by atoms with Gasteiger partial charge in [-0.05, 0) is 44.2 Å². The SMILES string of the molecule is COc1ccc(SCCC(=O)N2CCN(S(=O)(=O)c3cc(C)sc3C)CC2)cc1. The van der Waals surface area contributed by atoms with E-state index in [2.05, 4.69) is 0 Å². The molecule has 0 N–H and O–H groups in total. The zero-order valence-corrected chi connectivity index (χ0v) is 19.3. The van der Waals surface area contributed by atoms with Crippen LogP contribution in [0.1, 0.15) is 16.2 Å². The Morgan fingerprint density at radius 2 is 1.79 bits per heavy atom. The van der Waals surface area contributed by atoms with Crippen LogP contribution in [0.5, 0.6) is 5.75 Å². The van der Waals surface area contributed by atoms with Crippen LogP contribution >= 0.6 is 23.1 Å². The van der Waals surface area contributed by atoms with Crippen molar-refractivity contribution in [2.75, 3.05) is 39.0 Å². The molecule has 1 aromatic carbocycles. The van der Waals surface area contributed by atoms with Gasteiger partial charge < -0.3 is 9.64 Å². The maximum Gasteiger partial charge on any atom is 0.244 e. The third-order valence-electron chi connectivity index (χ3n) is 4.85. The van der Waals surface area contributed by atoms with E-state index in [1.165, 1.54) is 15.6 Å². The number of rotatable bonds is 7. The number of carbonyl (C=O) groups is 1. The molecule has 1 aromatic heterocycles. The zero-order chi connectivity index (χ0) is 21.0. The van der Waals surface area contributed by atoms with Crippen molar-refractivity contribution < 1.29 is 17.9 Å². The molecule has 0 atom stereocenters. The van der Waals surface area contributed by atoms with Crippen LogP contribution in [0.25, 0.3) is 0 Å². The number of thioether (sulfide) groups is 1. The number of aryl methyl sites for hydroxylation is 2. The van der Waals surface area contributed by atoms with Crippen LogP contribution in [0.2, 0.25) is 0 Å². The smallest absolute Gasteiger partial charge is 0.244 e. The van der Waals surface area contributed by atoms with Gasteiger partial charge in [0.15, 0.2) is 0 Å². The largest absolute Gasteiger partial charge is 0.497 e. The Morgan fingerprint density at radius 3 is 2.34 bits per heavy atom. The molecule has 0 aliphatic carbocycles. The van der Waals surface area contributed by atoms with Gasteiger partial charge in [0.1, 0.15) is 5.75 Å². The lowest BCUT2D eigenvalue weighted by Crippen LogP contribution is -2.50. The first-order chi connectivity index (χ1) is 13.8. The van der Waals surface area contributed by atoms with Crippen molar-refractivity contribution in [1.82, 2.24) is 9.21 Å². The number of benzene rings is 1. The Morgan fingerprint density at radius 1 is 1.14 bits per heavy atom. The lowest BCUT2D eigenvalue weighted by atomic mass is 10.3. The number of piperazine rings is 1. The Labute approximate surface area is 180 Å². The van der Waals surface area contributed by atoms with Gasteiger partial charge in [0.25, 0.3) is 0 Å². The molecule has 1 aliphatic heterocycles. The van der Waals surface area contributed by atoms with E-state index in [0.717, 1.165) is 20.4 Å². The fourth-order valence-electron chi connectivity index (χ4n) is 3.27. The molecule has 29 heavy (non-hydrogen) atoms. The zero-order valence-electron chi connectivity index (χ0n) is 16.9. The highest BCUT2D eigenvalue weighted by molar-refractivity contribution is 7.99. The van der Waals surface area contributed by atoms with Crippen LogP contribution in [-0.2, 0) is 14.8 Å². The second kappa shape index (κ2) is 9.51. The van der Waals surface area contributed by atoms with Crippen molar-refractivity contribution in [3.8, 4) is 5.75 Å². The Hall–Kier alpha value is -1.55. The van der Waals surface area contributed by atoms with Gasteiger partial charge in [0.2, 0.25) is 15.9 Å². The summed E-state index contributed by atoms with van der Waals surface area (Å²) < 4.78 is 32.4. The number of methoxy groups -OCH3 is 1. The summed E-state index contributed by atoms with van der Waals surface area (Å²) in [4.78, 5) is 17.6. The third-order valence-corrected chi connectivity index (χ3v) is 8.98. The summed E-state index contributed by atoms with van der Waals surface area (Å²) in [5.41, 5.74) is 0. The molecule has 0 saturated carbocycles. The fourth-order valence-corrected chi connectivity index (χ4v) is 7.05. The highest BCUT2D eigenvalue weighted by Crippen LogP contribution is 2.28. The van der Waals surface area contributed by atoms with Crippen molar-refractivity contribution in [3.63, 3.8) is 0 Å². The number of sulfonamides is 1. The summed E-state index contributed by atoms with van der Waals surface area (Å²) in [5.74, 6) is 1.58. The molecule has 1 fully saturated rings. The Balaban J connectivity index is 1.48. The summed E-state index contributed by atoms with van der Waals surface area (Å²) in [6.45, 7) is 5.31. The topological polar surface area (TPSA) is 66.9 Å². The van der Waals surface area contributed by atoms with Crippen LogP contribution in [0.4, 0.5) is 0 Å². The number of thiophene rings is 1. The molecule has 0 spiro atoms. The molecule has 3 rings (SSSR count). The molecule has 2 aromatic rings. The first-order valence-electron chi connectivity index (χ1n) is 9.43. The standard InChI is InChI=1S/C20H26N2O4S3/c1-15-14-19(16(2)28-15)29(24,25)22-11-9-21(10-12-22)20(23)8-13-27-18-6-4-17(26-3)5-7-18/h4-7,14H,8-13H2,1-3H3. The predicted octanol–water partition coefficient (Wildman–Crippen LogP) is 3.39. The number of nitrogens with zero attached hydrogens (tertiary/aromatic N) is 2. The first kappa shape index (κ1) is 22.1. The maximum absolute atomic E-state index is 12.9. The Bertz CT molecular complexity index is 947. The van der Waals surface area contributed by atoms with Gasteiger partial charge >= 0.3 is 0 Å². The normalized spacial score (nSPS) is 15.5. The molecule has 0 bridgehead atoms. The molecule has 0 radical (unpaired) electrons. The number of carbonyl (C=O) groups excluding carboxylic acids is 1. The highest BCUT2D eigenvalue weighted by Gasteiger charge is 2.31. The molecule has 6 nitrogen and oxygen atoms in total. The van der Waals surface area contributed by atoms with Crippen molar-refractivity contribution >= 4 is 39.0 Å². The van der Waals surface area contributed by atoms with E-state index in [0.29, 0.717) is 43.2 Å². The predicted molar refractivity (Wildman–Crippen MR) is 117 cm³/mol. The van der Waals surface area contributed by atoms with Gasteiger partial charge in [-0.2, -0.15) is 4.31 Å². The summed E-state index contributed by atoms with van der Waals surface area (Å²) in [7, 11) is -1.86. The quantitative estimate of drug-likeness (QED) is 0.600. The van der Waals surface area contributed by atoms with Gasteiger partial charge in [-0.15, -0.1) is 23.1 Å². The average molecular weight is 455 g/mol. The van der Waals surface area contributed by atoms with Crippen LogP contribution in [0.3, 0.4) is 0 Å². The minimum Gasteiger partial charge on any atom is -0.497 e. The lowest BCUT2D eigenvalue weighted by Gasteiger charge is -2.34. The molecular formula is C20H26N2O4S3. The molecule has 1 amide bonds. The minimum atomic E-state index is -3.49. The number of hydrogen-bond donors (Lipinski definition) is 0. The van der Waals surface area contributed by atoms with Gasteiger partial charge in [-0.25, -0.2) is 8.42 Å². The van der Waals surface area contributed by atoms with Crippen LogP contribution < -0.4 is 4.74 Å². The van der Waals surface area contributed by atoms with Crippen LogP contribution in [0, 0.1) is 13.8 Å². The summed E-state index contributed by atoms with van der Waals surface area (Å²) >= 11 is 3.12. The molecule has 1 saturated heterocycles. The second-order valence-corrected chi connectivity index (χ2v) is 11.4. The fraction of sp³-hybridized carbons (Fsp3) is 0.450. The summed E-state index contributed by atoms with van der Waals surface area (Å²) in [6, 6.07) is 9.50. The lowest BCUT2D eigenvalue weighted by molar-refractivity contribution is -0.131. The monoisotopic (exact) mass is 454 g/mol. The minimum absolute atomic E-state index is 0.0746. The van der Waals surface area contributed by atoms with E-state index in [1.54, 1.807) is 29.8 Å². The van der Waals surface area contributed by atoms with Crippen LogP contribution in [-0.4, -0.2) is 62.6 Å². The molecular weight excluding hydrogens is 428 g/mol. The molecule has 2 heterocycles. The van der Waals surface area contributed by atoms with E-state index in [-0.39, 0.29) is 5.91 Å². The number of hydrogen-bond acceptors (Lipinski definition) is 6. The van der Waals surface area contributed by atoms with Crippen molar-refractivity contribution in [2.45, 2.75) is 30.1 Å². The maximum atomic E-state index is 12.9. The molecule has 1 aliphatic rings. The average Bonchev–Trinajstić information content (AvgIpc) is 3.07. The van der Waals surface area contributed by atoms with Gasteiger partial charge in [0, 0.05) is 53.0 Å². The van der Waals surface area contributed by atoms with Crippen LogP contribution in [0.15, 0.2) is 40.1 Å². The van der Waals surface area contributed by atoms with E-state index in [1.807, 2.05) is 38.1 Å². The first-order valence-corrected chi connectivity index (χ1v) is 12.7. The Kier molecular flexibility index (Phi) is 7.26. The van der Waals surface area contributed by atoms with E-state index >= 15 is 0 Å². The van der Waals surface area contributed by atoms with E-state index in [4.69, 9.17) is 4.74 Å². The molecule has 0 unspecified atom stereocenters. The second-order valence-electron chi connectivity index (χ2n) is 6.84.